The molecule has 0 aromatic heterocycles. The Morgan fingerprint density at radius 2 is 1.65 bits per heavy atom. The van der Waals surface area contributed by atoms with Gasteiger partial charge in [-0.15, -0.1) is 0 Å². The zero-order chi connectivity index (χ0) is 14.3. The van der Waals surface area contributed by atoms with Crippen LogP contribution in [0, 0.1) is 0 Å². The van der Waals surface area contributed by atoms with E-state index in [1.54, 1.807) is 25.1 Å². The number of carbonyl (C=O) groups excluding carboxylic acids is 2. The zero-order valence-electron chi connectivity index (χ0n) is 11.3. The number of ether oxygens (including phenoxy) is 1. The number of rotatable bonds is 2. The van der Waals surface area contributed by atoms with E-state index in [0.717, 1.165) is 5.56 Å². The number of Topliss-reactive ketones (excluding diaryl/α,β-unsaturated/α-hetero) is 2. The fourth-order valence-corrected chi connectivity index (χ4v) is 2.75. The van der Waals surface area contributed by atoms with Gasteiger partial charge in [-0.1, -0.05) is 30.3 Å². The number of hydrogen-bond donors (Lipinski definition) is 0. The summed E-state index contributed by atoms with van der Waals surface area (Å²) < 4.78 is 5.84. The van der Waals surface area contributed by atoms with Crippen molar-refractivity contribution < 1.29 is 14.3 Å². The van der Waals surface area contributed by atoms with Crippen LogP contribution >= 0.6 is 0 Å². The second-order valence-electron chi connectivity index (χ2n) is 4.96. The molecule has 1 aliphatic heterocycles. The van der Waals surface area contributed by atoms with Gasteiger partial charge in [0.15, 0.2) is 5.78 Å². The molecule has 1 unspecified atom stereocenters. The largest absolute Gasteiger partial charge is 0.457 e. The van der Waals surface area contributed by atoms with Gasteiger partial charge in [-0.25, -0.2) is 0 Å². The summed E-state index contributed by atoms with van der Waals surface area (Å²) >= 11 is 0. The van der Waals surface area contributed by atoms with Crippen molar-refractivity contribution in [3.8, 4) is 11.5 Å². The Kier molecular flexibility index (Phi) is 2.90. The quantitative estimate of drug-likeness (QED) is 0.778. The molecule has 2 aromatic carbocycles. The van der Waals surface area contributed by atoms with Crippen molar-refractivity contribution in [3.05, 3.63) is 59.2 Å². The number of hydrogen-bond acceptors (Lipinski definition) is 3. The summed E-state index contributed by atoms with van der Waals surface area (Å²) in [5.41, 5.74) is 2.06. The van der Waals surface area contributed by atoms with Crippen LogP contribution in [0.2, 0.25) is 0 Å². The number of ketones is 2. The fourth-order valence-electron chi connectivity index (χ4n) is 2.75. The maximum atomic E-state index is 12.1. The molecule has 1 aliphatic rings. The van der Waals surface area contributed by atoms with Crippen molar-refractivity contribution in [2.45, 2.75) is 19.8 Å². The standard InChI is InChI=1S/C17H14O3/c1-10(18)12-7-5-9-15-17(12)16(11(2)19)13-6-3-4-8-14(13)20-15/h3-9,16H,1-2H3. The van der Waals surface area contributed by atoms with E-state index >= 15 is 0 Å². The van der Waals surface area contributed by atoms with E-state index in [9.17, 15) is 9.59 Å². The van der Waals surface area contributed by atoms with Crippen LogP contribution in [0.15, 0.2) is 42.5 Å². The lowest BCUT2D eigenvalue weighted by Gasteiger charge is -2.28. The highest BCUT2D eigenvalue weighted by atomic mass is 16.5. The highest BCUT2D eigenvalue weighted by Gasteiger charge is 2.33. The summed E-state index contributed by atoms with van der Waals surface area (Å²) in [5, 5.41) is 0. The van der Waals surface area contributed by atoms with Crippen LogP contribution in [0.3, 0.4) is 0 Å². The third-order valence-electron chi connectivity index (χ3n) is 3.59. The molecule has 0 fully saturated rings. The van der Waals surface area contributed by atoms with E-state index in [4.69, 9.17) is 4.74 Å². The first-order valence-corrected chi connectivity index (χ1v) is 6.50. The van der Waals surface area contributed by atoms with Crippen molar-refractivity contribution >= 4 is 11.6 Å². The summed E-state index contributed by atoms with van der Waals surface area (Å²) in [6.45, 7) is 3.06. The van der Waals surface area contributed by atoms with Gasteiger partial charge in [-0.05, 0) is 26.0 Å². The minimum Gasteiger partial charge on any atom is -0.457 e. The Balaban J connectivity index is 2.30. The molecule has 0 saturated heterocycles. The third kappa shape index (κ3) is 1.83. The van der Waals surface area contributed by atoms with Crippen LogP contribution in [0.4, 0.5) is 0 Å². The monoisotopic (exact) mass is 266 g/mol. The third-order valence-corrected chi connectivity index (χ3v) is 3.59. The summed E-state index contributed by atoms with van der Waals surface area (Å²) in [6.07, 6.45) is 0. The topological polar surface area (TPSA) is 43.4 Å². The van der Waals surface area contributed by atoms with E-state index in [1.807, 2.05) is 24.3 Å². The van der Waals surface area contributed by atoms with Crippen LogP contribution < -0.4 is 4.74 Å². The lowest BCUT2D eigenvalue weighted by Crippen LogP contribution is -2.19. The van der Waals surface area contributed by atoms with Gasteiger partial charge in [0.25, 0.3) is 0 Å². The number of fused-ring (bicyclic) bond motifs is 2. The van der Waals surface area contributed by atoms with Gasteiger partial charge in [0.05, 0.1) is 5.92 Å². The van der Waals surface area contributed by atoms with Crippen molar-refractivity contribution in [3.63, 3.8) is 0 Å². The summed E-state index contributed by atoms with van der Waals surface area (Å²) in [4.78, 5) is 24.0. The van der Waals surface area contributed by atoms with E-state index in [1.165, 1.54) is 6.92 Å². The van der Waals surface area contributed by atoms with E-state index < -0.39 is 5.92 Å². The Morgan fingerprint density at radius 1 is 0.950 bits per heavy atom. The van der Waals surface area contributed by atoms with Gasteiger partial charge in [-0.3, -0.25) is 9.59 Å². The van der Waals surface area contributed by atoms with Crippen LogP contribution in [-0.4, -0.2) is 11.6 Å². The van der Waals surface area contributed by atoms with E-state index in [2.05, 4.69) is 0 Å². The van der Waals surface area contributed by atoms with Crippen molar-refractivity contribution in [1.82, 2.24) is 0 Å². The van der Waals surface area contributed by atoms with Gasteiger partial charge in [0.2, 0.25) is 0 Å². The summed E-state index contributed by atoms with van der Waals surface area (Å²) in [5.74, 6) is 0.791. The van der Waals surface area contributed by atoms with Crippen LogP contribution in [-0.2, 0) is 4.79 Å². The van der Waals surface area contributed by atoms with E-state index in [0.29, 0.717) is 22.6 Å². The first-order chi connectivity index (χ1) is 9.59. The van der Waals surface area contributed by atoms with Crippen molar-refractivity contribution in [2.75, 3.05) is 0 Å². The molecule has 1 heterocycles. The molecule has 0 amide bonds. The van der Waals surface area contributed by atoms with E-state index in [-0.39, 0.29) is 11.6 Å². The molecule has 2 aromatic rings. The Bertz CT molecular complexity index is 716. The Labute approximate surface area is 117 Å². The maximum absolute atomic E-state index is 12.1. The summed E-state index contributed by atoms with van der Waals surface area (Å²) in [6, 6.07) is 12.8. The molecule has 0 saturated carbocycles. The lowest BCUT2D eigenvalue weighted by molar-refractivity contribution is -0.117. The first-order valence-electron chi connectivity index (χ1n) is 6.50. The predicted octanol–water partition coefficient (Wildman–Crippen LogP) is 3.72. The number of para-hydroxylation sites is 1. The number of benzene rings is 2. The van der Waals surface area contributed by atoms with Crippen LogP contribution in [0.1, 0.15) is 41.3 Å². The molecule has 0 aliphatic carbocycles. The molecular formula is C17H14O3. The second-order valence-corrected chi connectivity index (χ2v) is 4.96. The van der Waals surface area contributed by atoms with Crippen molar-refractivity contribution in [1.29, 1.82) is 0 Å². The van der Waals surface area contributed by atoms with Gasteiger partial charge in [0.1, 0.15) is 17.3 Å². The maximum Gasteiger partial charge on any atom is 0.160 e. The highest BCUT2D eigenvalue weighted by molar-refractivity contribution is 6.00. The lowest BCUT2D eigenvalue weighted by atomic mass is 9.82. The number of carbonyl (C=O) groups is 2. The average Bonchev–Trinajstić information content (AvgIpc) is 2.43. The second kappa shape index (κ2) is 4.60. The molecular weight excluding hydrogens is 252 g/mol. The first kappa shape index (κ1) is 12.6. The molecule has 3 heteroatoms. The molecule has 3 nitrogen and oxygen atoms in total. The fraction of sp³-hybridized carbons (Fsp3) is 0.176. The molecule has 1 atom stereocenters. The molecule has 20 heavy (non-hydrogen) atoms. The van der Waals surface area contributed by atoms with Gasteiger partial charge >= 0.3 is 0 Å². The highest BCUT2D eigenvalue weighted by Crippen LogP contribution is 2.45. The van der Waals surface area contributed by atoms with Gasteiger partial charge in [-0.2, -0.15) is 0 Å². The zero-order valence-corrected chi connectivity index (χ0v) is 11.3. The molecule has 0 spiro atoms. The van der Waals surface area contributed by atoms with Crippen LogP contribution in [0.25, 0.3) is 0 Å². The van der Waals surface area contributed by atoms with Gasteiger partial charge < -0.3 is 4.74 Å². The predicted molar refractivity (Wildman–Crippen MR) is 75.5 cm³/mol. The molecule has 0 radical (unpaired) electrons. The molecule has 0 N–H and O–H groups in total. The van der Waals surface area contributed by atoms with Crippen LogP contribution in [0.5, 0.6) is 11.5 Å². The SMILES string of the molecule is CC(=O)c1cccc2c1C(C(C)=O)c1ccccc1O2. The smallest absolute Gasteiger partial charge is 0.160 e. The molecule has 0 bridgehead atoms. The van der Waals surface area contributed by atoms with Crippen molar-refractivity contribution in [2.24, 2.45) is 0 Å². The average molecular weight is 266 g/mol. The van der Waals surface area contributed by atoms with Gasteiger partial charge in [0, 0.05) is 16.7 Å². The molecule has 100 valence electrons. The molecule has 3 rings (SSSR count). The minimum absolute atomic E-state index is 0.00991. The Morgan fingerprint density at radius 3 is 2.35 bits per heavy atom. The summed E-state index contributed by atoms with van der Waals surface area (Å²) in [7, 11) is 0. The Hall–Kier alpha value is -2.42. The minimum atomic E-state index is -0.435. The normalized spacial score (nSPS) is 15.8.